The van der Waals surface area contributed by atoms with Gasteiger partial charge >= 0.3 is 5.97 Å². The maximum atomic E-state index is 13.3. The van der Waals surface area contributed by atoms with Crippen LogP contribution in [-0.2, 0) is 16.1 Å². The Kier molecular flexibility index (Phi) is 7.45. The summed E-state index contributed by atoms with van der Waals surface area (Å²) in [6.07, 6.45) is 4.92. The zero-order chi connectivity index (χ0) is 19.9. The Labute approximate surface area is 168 Å². The van der Waals surface area contributed by atoms with Crippen molar-refractivity contribution in [3.63, 3.8) is 0 Å². The fourth-order valence-corrected chi connectivity index (χ4v) is 4.61. The normalized spacial score (nSPS) is 21.8. The van der Waals surface area contributed by atoms with Crippen molar-refractivity contribution < 1.29 is 14.7 Å². The van der Waals surface area contributed by atoms with Gasteiger partial charge in [0, 0.05) is 25.7 Å². The number of carbonyl (C=O) groups is 2. The molecule has 0 aromatic heterocycles. The molecule has 1 aromatic rings. The molecular weight excluding hydrogens is 354 g/mol. The minimum Gasteiger partial charge on any atom is -0.480 e. The second-order valence-electron chi connectivity index (χ2n) is 7.98. The van der Waals surface area contributed by atoms with Crippen LogP contribution in [0, 0.1) is 0 Å². The molecule has 2 saturated heterocycles. The predicted molar refractivity (Wildman–Crippen MR) is 109 cm³/mol. The Morgan fingerprint density at radius 3 is 2.43 bits per heavy atom. The van der Waals surface area contributed by atoms with E-state index in [-0.39, 0.29) is 24.5 Å². The maximum absolute atomic E-state index is 13.3. The van der Waals surface area contributed by atoms with Crippen LogP contribution in [0.1, 0.15) is 44.6 Å². The molecule has 1 atom stereocenters. The molecule has 1 aromatic carbocycles. The standard InChI is InChI=1S/C22H33N3O3/c1-2-23(17-21(26)27)19-11-14-24(15-12-19)22(28)20-10-6-7-13-25(20)16-18-8-4-3-5-9-18/h3-5,8-9,19-20H,2,6-7,10-17H2,1H3,(H,26,27). The molecule has 1 N–H and O–H groups in total. The fraction of sp³-hybridized carbons (Fsp3) is 0.636. The molecule has 2 aliphatic heterocycles. The molecule has 6 heteroatoms. The molecule has 154 valence electrons. The number of rotatable bonds is 7. The molecule has 0 saturated carbocycles. The van der Waals surface area contributed by atoms with Gasteiger partial charge in [0.05, 0.1) is 12.6 Å². The number of amides is 1. The van der Waals surface area contributed by atoms with Gasteiger partial charge in [-0.05, 0) is 44.3 Å². The third kappa shape index (κ3) is 5.32. The molecule has 0 radical (unpaired) electrons. The van der Waals surface area contributed by atoms with Crippen LogP contribution in [0.4, 0.5) is 0 Å². The summed E-state index contributed by atoms with van der Waals surface area (Å²) in [4.78, 5) is 30.7. The lowest BCUT2D eigenvalue weighted by atomic mass is 9.97. The SMILES string of the molecule is CCN(CC(=O)O)C1CCN(C(=O)C2CCCCN2Cc2ccccc2)CC1. The van der Waals surface area contributed by atoms with E-state index in [0.717, 1.165) is 64.8 Å². The largest absolute Gasteiger partial charge is 0.480 e. The molecule has 3 rings (SSSR count). The van der Waals surface area contributed by atoms with E-state index < -0.39 is 5.97 Å². The van der Waals surface area contributed by atoms with Gasteiger partial charge in [-0.2, -0.15) is 0 Å². The van der Waals surface area contributed by atoms with E-state index in [1.54, 1.807) is 0 Å². The van der Waals surface area contributed by atoms with Crippen LogP contribution in [0.5, 0.6) is 0 Å². The van der Waals surface area contributed by atoms with E-state index in [1.807, 2.05) is 22.8 Å². The smallest absolute Gasteiger partial charge is 0.317 e. The molecular formula is C22H33N3O3. The van der Waals surface area contributed by atoms with Crippen LogP contribution in [0.2, 0.25) is 0 Å². The van der Waals surface area contributed by atoms with E-state index >= 15 is 0 Å². The predicted octanol–water partition coefficient (Wildman–Crippen LogP) is 2.44. The summed E-state index contributed by atoms with van der Waals surface area (Å²) >= 11 is 0. The van der Waals surface area contributed by atoms with Gasteiger partial charge in [0.2, 0.25) is 5.91 Å². The Balaban J connectivity index is 1.57. The molecule has 0 spiro atoms. The highest BCUT2D eigenvalue weighted by molar-refractivity contribution is 5.82. The zero-order valence-electron chi connectivity index (χ0n) is 16.9. The van der Waals surface area contributed by atoms with Crippen LogP contribution >= 0.6 is 0 Å². The number of carboxylic acids is 1. The quantitative estimate of drug-likeness (QED) is 0.779. The van der Waals surface area contributed by atoms with Crippen molar-refractivity contribution in [1.29, 1.82) is 0 Å². The average Bonchev–Trinajstić information content (AvgIpc) is 2.73. The lowest BCUT2D eigenvalue weighted by molar-refractivity contribution is -0.142. The van der Waals surface area contributed by atoms with Gasteiger partial charge in [0.1, 0.15) is 0 Å². The van der Waals surface area contributed by atoms with Crippen molar-refractivity contribution >= 4 is 11.9 Å². The number of nitrogens with zero attached hydrogens (tertiary/aromatic N) is 3. The molecule has 6 nitrogen and oxygen atoms in total. The lowest BCUT2D eigenvalue weighted by Gasteiger charge is -2.41. The minimum atomic E-state index is -0.779. The van der Waals surface area contributed by atoms with E-state index in [4.69, 9.17) is 5.11 Å². The van der Waals surface area contributed by atoms with Crippen molar-refractivity contribution in [2.45, 2.75) is 57.7 Å². The summed E-state index contributed by atoms with van der Waals surface area (Å²) in [7, 11) is 0. The van der Waals surface area contributed by atoms with Crippen LogP contribution in [-0.4, -0.2) is 76.5 Å². The Morgan fingerprint density at radius 2 is 1.79 bits per heavy atom. The summed E-state index contributed by atoms with van der Waals surface area (Å²) in [6.45, 7) is 6.09. The van der Waals surface area contributed by atoms with Crippen molar-refractivity contribution in [3.05, 3.63) is 35.9 Å². The van der Waals surface area contributed by atoms with Gasteiger partial charge in [-0.3, -0.25) is 19.4 Å². The molecule has 0 bridgehead atoms. The number of piperidine rings is 2. The van der Waals surface area contributed by atoms with E-state index in [2.05, 4.69) is 29.2 Å². The summed E-state index contributed by atoms with van der Waals surface area (Å²) < 4.78 is 0. The summed E-state index contributed by atoms with van der Waals surface area (Å²) in [5.41, 5.74) is 1.26. The summed E-state index contributed by atoms with van der Waals surface area (Å²) in [5, 5.41) is 9.09. The third-order valence-electron chi connectivity index (χ3n) is 6.16. The monoisotopic (exact) mass is 387 g/mol. The van der Waals surface area contributed by atoms with Crippen LogP contribution in [0.25, 0.3) is 0 Å². The van der Waals surface area contributed by atoms with Crippen LogP contribution < -0.4 is 0 Å². The number of hydrogen-bond acceptors (Lipinski definition) is 4. The van der Waals surface area contributed by atoms with Crippen molar-refractivity contribution in [3.8, 4) is 0 Å². The maximum Gasteiger partial charge on any atom is 0.317 e. The number of likely N-dealkylation sites (tertiary alicyclic amines) is 2. The van der Waals surface area contributed by atoms with Gasteiger partial charge in [0.25, 0.3) is 0 Å². The third-order valence-corrected chi connectivity index (χ3v) is 6.16. The Morgan fingerprint density at radius 1 is 1.07 bits per heavy atom. The zero-order valence-corrected chi connectivity index (χ0v) is 16.9. The van der Waals surface area contributed by atoms with E-state index in [1.165, 1.54) is 5.56 Å². The lowest BCUT2D eigenvalue weighted by Crippen LogP contribution is -2.54. The highest BCUT2D eigenvalue weighted by Gasteiger charge is 2.34. The molecule has 2 heterocycles. The first kappa shape index (κ1) is 20.8. The average molecular weight is 388 g/mol. The van der Waals surface area contributed by atoms with E-state index in [9.17, 15) is 9.59 Å². The molecule has 2 aliphatic rings. The van der Waals surface area contributed by atoms with Crippen LogP contribution in [0.15, 0.2) is 30.3 Å². The second kappa shape index (κ2) is 10.0. The van der Waals surface area contributed by atoms with Gasteiger partial charge in [-0.25, -0.2) is 0 Å². The summed E-state index contributed by atoms with van der Waals surface area (Å²) in [6, 6.07) is 10.6. The highest BCUT2D eigenvalue weighted by atomic mass is 16.4. The first-order valence-corrected chi connectivity index (χ1v) is 10.6. The van der Waals surface area contributed by atoms with Gasteiger partial charge in [0.15, 0.2) is 0 Å². The topological polar surface area (TPSA) is 64.1 Å². The van der Waals surface area contributed by atoms with Crippen molar-refractivity contribution in [1.82, 2.24) is 14.7 Å². The molecule has 0 aliphatic carbocycles. The van der Waals surface area contributed by atoms with Gasteiger partial charge in [-0.15, -0.1) is 0 Å². The molecule has 28 heavy (non-hydrogen) atoms. The first-order chi connectivity index (χ1) is 13.6. The second-order valence-corrected chi connectivity index (χ2v) is 7.98. The number of benzene rings is 1. The van der Waals surface area contributed by atoms with Crippen molar-refractivity contribution in [2.75, 3.05) is 32.7 Å². The number of carbonyl (C=O) groups excluding carboxylic acids is 1. The van der Waals surface area contributed by atoms with Gasteiger partial charge in [-0.1, -0.05) is 43.7 Å². The number of hydrogen-bond donors (Lipinski definition) is 1. The minimum absolute atomic E-state index is 0.0215. The number of carboxylic acid groups (broad SMARTS) is 1. The molecule has 2 fully saturated rings. The number of likely N-dealkylation sites (N-methyl/N-ethyl adjacent to an activating group) is 1. The van der Waals surface area contributed by atoms with Crippen molar-refractivity contribution in [2.24, 2.45) is 0 Å². The first-order valence-electron chi connectivity index (χ1n) is 10.6. The fourth-order valence-electron chi connectivity index (χ4n) is 4.61. The van der Waals surface area contributed by atoms with Crippen LogP contribution in [0.3, 0.4) is 0 Å². The van der Waals surface area contributed by atoms with Gasteiger partial charge < -0.3 is 10.0 Å². The Hall–Kier alpha value is -1.92. The Bertz CT molecular complexity index is 644. The number of aliphatic carboxylic acids is 1. The summed E-state index contributed by atoms with van der Waals surface area (Å²) in [5.74, 6) is -0.519. The molecule has 1 amide bonds. The molecule has 1 unspecified atom stereocenters. The highest BCUT2D eigenvalue weighted by Crippen LogP contribution is 2.24. The van der Waals surface area contributed by atoms with E-state index in [0.29, 0.717) is 0 Å².